The average molecular weight is 291 g/mol. The van der Waals surface area contributed by atoms with E-state index in [1.165, 1.54) is 7.11 Å². The number of nitrogens with two attached hydrogens (primary N) is 1. The molecule has 1 rings (SSSR count). The van der Waals surface area contributed by atoms with Crippen LogP contribution in [0.25, 0.3) is 0 Å². The van der Waals surface area contributed by atoms with Crippen LogP contribution in [0.4, 0.5) is 10.5 Å². The Balaban J connectivity index is 2.45. The Morgan fingerprint density at radius 1 is 1.43 bits per heavy atom. The van der Waals surface area contributed by atoms with Crippen molar-refractivity contribution in [1.29, 1.82) is 0 Å². The minimum absolute atomic E-state index is 0.395. The summed E-state index contributed by atoms with van der Waals surface area (Å²) < 4.78 is 10.1. The zero-order valence-corrected chi connectivity index (χ0v) is 12.8. The van der Waals surface area contributed by atoms with Crippen LogP contribution >= 0.6 is 0 Å². The molecule has 114 valence electrons. The maximum atomic E-state index is 11.4. The van der Waals surface area contributed by atoms with Gasteiger partial charge in [0, 0.05) is 19.0 Å². The monoisotopic (exact) mass is 291 g/mol. The summed E-state index contributed by atoms with van der Waals surface area (Å²) in [6.45, 7) is 5.82. The largest absolute Gasteiger partial charge is 0.481 e. The molecule has 0 aromatic carbocycles. The molecule has 1 aromatic heterocycles. The topological polar surface area (TPSA) is 86.5 Å². The number of methoxy groups -OCH3 is 1. The summed E-state index contributed by atoms with van der Waals surface area (Å²) in [5.74, 6) is 6.20. The number of nitrogen functional groups attached to an aromatic ring is 1. The second-order valence-corrected chi connectivity index (χ2v) is 5.27. The smallest absolute Gasteiger partial charge is 0.407 e. The fourth-order valence-corrected chi connectivity index (χ4v) is 1.35. The number of hydrogen-bond acceptors (Lipinski definition) is 5. The Morgan fingerprint density at radius 3 is 2.76 bits per heavy atom. The van der Waals surface area contributed by atoms with Crippen molar-refractivity contribution in [3.63, 3.8) is 0 Å². The first-order chi connectivity index (χ1) is 9.81. The highest BCUT2D eigenvalue weighted by atomic mass is 16.6. The number of anilines is 1. The van der Waals surface area contributed by atoms with Crippen molar-refractivity contribution in [2.24, 2.45) is 0 Å². The molecule has 0 radical (unpaired) electrons. The van der Waals surface area contributed by atoms with Gasteiger partial charge in [-0.3, -0.25) is 0 Å². The van der Waals surface area contributed by atoms with Crippen LogP contribution in [-0.2, 0) is 4.74 Å². The van der Waals surface area contributed by atoms with E-state index < -0.39 is 11.7 Å². The van der Waals surface area contributed by atoms with Gasteiger partial charge in [-0.2, -0.15) is 0 Å². The molecule has 0 saturated carbocycles. The Morgan fingerprint density at radius 2 is 2.14 bits per heavy atom. The molecule has 0 saturated heterocycles. The highest BCUT2D eigenvalue weighted by Crippen LogP contribution is 2.13. The first kappa shape index (κ1) is 16.6. The SMILES string of the molecule is COc1ccc(N)c(C#CCCNC(=O)OC(C)(C)C)n1. The highest BCUT2D eigenvalue weighted by molar-refractivity contribution is 5.67. The van der Waals surface area contributed by atoms with E-state index in [9.17, 15) is 4.79 Å². The molecule has 0 atom stereocenters. The highest BCUT2D eigenvalue weighted by Gasteiger charge is 2.15. The molecule has 0 fully saturated rings. The number of hydrogen-bond donors (Lipinski definition) is 2. The first-order valence-electron chi connectivity index (χ1n) is 6.58. The minimum atomic E-state index is -0.505. The molecule has 0 aliphatic heterocycles. The van der Waals surface area contributed by atoms with E-state index in [-0.39, 0.29) is 0 Å². The summed E-state index contributed by atoms with van der Waals surface area (Å²) >= 11 is 0. The van der Waals surface area contributed by atoms with Gasteiger partial charge in [0.2, 0.25) is 5.88 Å². The zero-order chi connectivity index (χ0) is 15.9. The summed E-state index contributed by atoms with van der Waals surface area (Å²) in [6, 6.07) is 3.36. The quantitative estimate of drug-likeness (QED) is 0.656. The number of carbonyl (C=O) groups excluding carboxylic acids is 1. The van der Waals surface area contributed by atoms with Gasteiger partial charge in [0.25, 0.3) is 0 Å². The van der Waals surface area contributed by atoms with Gasteiger partial charge >= 0.3 is 6.09 Å². The third-order valence-electron chi connectivity index (χ3n) is 2.24. The van der Waals surface area contributed by atoms with Crippen LogP contribution < -0.4 is 15.8 Å². The van der Waals surface area contributed by atoms with E-state index in [1.54, 1.807) is 12.1 Å². The lowest BCUT2D eigenvalue weighted by Gasteiger charge is -2.19. The third kappa shape index (κ3) is 6.52. The Hall–Kier alpha value is -2.42. The Bertz CT molecular complexity index is 554. The molecule has 6 nitrogen and oxygen atoms in total. The van der Waals surface area contributed by atoms with Gasteiger partial charge in [0.05, 0.1) is 12.8 Å². The van der Waals surface area contributed by atoms with Crippen molar-refractivity contribution >= 4 is 11.8 Å². The van der Waals surface area contributed by atoms with E-state index >= 15 is 0 Å². The van der Waals surface area contributed by atoms with Gasteiger partial charge < -0.3 is 20.5 Å². The van der Waals surface area contributed by atoms with Crippen molar-refractivity contribution < 1.29 is 14.3 Å². The number of ether oxygens (including phenoxy) is 2. The second kappa shape index (κ2) is 7.39. The van der Waals surface area contributed by atoms with Crippen LogP contribution in [0.5, 0.6) is 5.88 Å². The van der Waals surface area contributed by atoms with Crippen molar-refractivity contribution in [1.82, 2.24) is 10.3 Å². The number of nitrogens with one attached hydrogen (secondary N) is 1. The van der Waals surface area contributed by atoms with Crippen molar-refractivity contribution in [3.05, 3.63) is 17.8 Å². The van der Waals surface area contributed by atoms with Crippen LogP contribution in [0.3, 0.4) is 0 Å². The summed E-state index contributed by atoms with van der Waals surface area (Å²) in [5, 5.41) is 2.62. The lowest BCUT2D eigenvalue weighted by Crippen LogP contribution is -2.32. The summed E-state index contributed by atoms with van der Waals surface area (Å²) in [4.78, 5) is 15.5. The maximum Gasteiger partial charge on any atom is 0.407 e. The van der Waals surface area contributed by atoms with Crippen LogP contribution in [0, 0.1) is 11.8 Å². The van der Waals surface area contributed by atoms with Crippen LogP contribution in [0.1, 0.15) is 32.9 Å². The van der Waals surface area contributed by atoms with Crippen LogP contribution in [0.15, 0.2) is 12.1 Å². The molecule has 1 amide bonds. The van der Waals surface area contributed by atoms with Gasteiger partial charge in [-0.15, -0.1) is 0 Å². The molecule has 1 heterocycles. The van der Waals surface area contributed by atoms with Crippen LogP contribution in [0.2, 0.25) is 0 Å². The van der Waals surface area contributed by atoms with Crippen molar-refractivity contribution in [3.8, 4) is 17.7 Å². The van der Waals surface area contributed by atoms with E-state index in [1.807, 2.05) is 20.8 Å². The van der Waals surface area contributed by atoms with Gasteiger partial charge in [-0.1, -0.05) is 5.92 Å². The van der Waals surface area contributed by atoms with Gasteiger partial charge in [0.15, 0.2) is 0 Å². The predicted octanol–water partition coefficient (Wildman–Crippen LogP) is 1.94. The summed E-state index contributed by atoms with van der Waals surface area (Å²) in [7, 11) is 1.53. The second-order valence-electron chi connectivity index (χ2n) is 5.27. The van der Waals surface area contributed by atoms with Gasteiger partial charge in [-0.25, -0.2) is 9.78 Å². The number of carbonyl (C=O) groups is 1. The Kier molecular flexibility index (Phi) is 5.85. The predicted molar refractivity (Wildman–Crippen MR) is 80.9 cm³/mol. The molecule has 3 N–H and O–H groups in total. The molecule has 21 heavy (non-hydrogen) atoms. The number of aromatic nitrogens is 1. The molecular formula is C15H21N3O3. The normalized spacial score (nSPS) is 10.3. The summed E-state index contributed by atoms with van der Waals surface area (Å²) in [6.07, 6.45) is 0.0146. The number of nitrogens with zero attached hydrogens (tertiary/aromatic N) is 1. The van der Waals surface area contributed by atoms with Crippen molar-refractivity contribution in [2.45, 2.75) is 32.8 Å². The fraction of sp³-hybridized carbons (Fsp3) is 0.467. The first-order valence-corrected chi connectivity index (χ1v) is 6.58. The maximum absolute atomic E-state index is 11.4. The van der Waals surface area contributed by atoms with E-state index in [0.29, 0.717) is 30.2 Å². The zero-order valence-electron chi connectivity index (χ0n) is 12.8. The Labute approximate surface area is 125 Å². The van der Waals surface area contributed by atoms with Crippen LogP contribution in [-0.4, -0.2) is 30.3 Å². The van der Waals surface area contributed by atoms with E-state index in [0.717, 1.165) is 0 Å². The summed E-state index contributed by atoms with van der Waals surface area (Å²) in [5.41, 5.74) is 6.21. The molecule has 0 unspecified atom stereocenters. The molecule has 6 heteroatoms. The number of alkyl carbamates (subject to hydrolysis) is 1. The number of pyridine rings is 1. The number of amides is 1. The van der Waals surface area contributed by atoms with E-state index in [2.05, 4.69) is 22.1 Å². The van der Waals surface area contributed by atoms with Gasteiger partial charge in [-0.05, 0) is 32.8 Å². The molecule has 0 aliphatic carbocycles. The fourth-order valence-electron chi connectivity index (χ4n) is 1.35. The molecule has 0 aliphatic rings. The van der Waals surface area contributed by atoms with Gasteiger partial charge in [0.1, 0.15) is 11.3 Å². The lowest BCUT2D eigenvalue weighted by molar-refractivity contribution is 0.0529. The lowest BCUT2D eigenvalue weighted by atomic mass is 10.2. The minimum Gasteiger partial charge on any atom is -0.481 e. The molecule has 0 bridgehead atoms. The van der Waals surface area contributed by atoms with E-state index in [4.69, 9.17) is 15.2 Å². The molecule has 1 aromatic rings. The number of rotatable bonds is 3. The third-order valence-corrected chi connectivity index (χ3v) is 2.24. The average Bonchev–Trinajstić information content (AvgIpc) is 2.38. The standard InChI is InChI=1S/C15H21N3O3/c1-15(2,3)21-14(19)17-10-6-5-7-12-11(16)8-9-13(18-12)20-4/h8-9H,6,10,16H2,1-4H3,(H,17,19). The molecule has 0 spiro atoms. The molecular weight excluding hydrogens is 270 g/mol. The van der Waals surface area contributed by atoms with Crippen molar-refractivity contribution in [2.75, 3.05) is 19.4 Å².